The van der Waals surface area contributed by atoms with Gasteiger partial charge in [-0.1, -0.05) is 36.4 Å². The van der Waals surface area contributed by atoms with Gasteiger partial charge in [-0.25, -0.2) is 9.78 Å². The molecule has 0 saturated heterocycles. The molecule has 0 aliphatic rings. The lowest BCUT2D eigenvalue weighted by molar-refractivity contribution is 0.0529. The highest BCUT2D eigenvalue weighted by Crippen LogP contribution is 2.32. The molecule has 0 saturated carbocycles. The van der Waals surface area contributed by atoms with Crippen LogP contribution < -0.4 is 0 Å². The smallest absolute Gasteiger partial charge is 0.339 e. The van der Waals surface area contributed by atoms with Crippen molar-refractivity contribution in [3.63, 3.8) is 0 Å². The van der Waals surface area contributed by atoms with E-state index in [0.29, 0.717) is 12.2 Å². The maximum atomic E-state index is 12.0. The molecule has 0 radical (unpaired) electrons. The van der Waals surface area contributed by atoms with Gasteiger partial charge in [0.05, 0.1) is 22.4 Å². The van der Waals surface area contributed by atoms with Crippen LogP contribution in [0.1, 0.15) is 17.3 Å². The summed E-state index contributed by atoms with van der Waals surface area (Å²) in [5.74, 6) is -0.290. The van der Waals surface area contributed by atoms with Crippen molar-refractivity contribution in [2.75, 3.05) is 6.61 Å². The number of thiazole rings is 1. The Morgan fingerprint density at radius 2 is 1.95 bits per heavy atom. The van der Waals surface area contributed by atoms with Crippen molar-refractivity contribution in [3.8, 4) is 10.6 Å². The van der Waals surface area contributed by atoms with E-state index < -0.39 is 0 Å². The van der Waals surface area contributed by atoms with Crippen LogP contribution in [0.25, 0.3) is 20.8 Å². The van der Waals surface area contributed by atoms with Crippen molar-refractivity contribution in [1.82, 2.24) is 4.98 Å². The zero-order chi connectivity index (χ0) is 13.9. The monoisotopic (exact) mass is 283 g/mol. The Bertz CT molecular complexity index is 750. The summed E-state index contributed by atoms with van der Waals surface area (Å²) in [4.78, 5) is 16.6. The van der Waals surface area contributed by atoms with E-state index >= 15 is 0 Å². The van der Waals surface area contributed by atoms with E-state index in [4.69, 9.17) is 4.74 Å². The topological polar surface area (TPSA) is 39.2 Å². The largest absolute Gasteiger partial charge is 0.462 e. The lowest BCUT2D eigenvalue weighted by Gasteiger charge is -2.01. The Labute approximate surface area is 120 Å². The number of aromatic nitrogens is 1. The van der Waals surface area contributed by atoms with Crippen LogP contribution in [0.15, 0.2) is 48.5 Å². The minimum absolute atomic E-state index is 0.290. The van der Waals surface area contributed by atoms with E-state index in [1.54, 1.807) is 13.0 Å². The molecule has 0 bridgehead atoms. The quantitative estimate of drug-likeness (QED) is 0.678. The summed E-state index contributed by atoms with van der Waals surface area (Å²) in [6.45, 7) is 2.18. The van der Waals surface area contributed by atoms with Crippen molar-refractivity contribution in [3.05, 3.63) is 54.1 Å². The second-order valence-corrected chi connectivity index (χ2v) is 5.26. The Morgan fingerprint density at radius 1 is 1.15 bits per heavy atom. The summed E-state index contributed by atoms with van der Waals surface area (Å²) in [6, 6.07) is 15.5. The molecule has 20 heavy (non-hydrogen) atoms. The van der Waals surface area contributed by atoms with Crippen LogP contribution in [0.5, 0.6) is 0 Å². The number of rotatable bonds is 3. The third-order valence-electron chi connectivity index (χ3n) is 2.93. The summed E-state index contributed by atoms with van der Waals surface area (Å²) in [6.07, 6.45) is 0. The van der Waals surface area contributed by atoms with E-state index in [9.17, 15) is 4.79 Å². The Morgan fingerprint density at radius 3 is 2.70 bits per heavy atom. The lowest BCUT2D eigenvalue weighted by Crippen LogP contribution is -2.04. The number of nitrogens with zero attached hydrogens (tertiary/aromatic N) is 1. The fourth-order valence-corrected chi connectivity index (χ4v) is 3.09. The molecular formula is C16H13NO2S. The Hall–Kier alpha value is -2.20. The third-order valence-corrected chi connectivity index (χ3v) is 4.08. The van der Waals surface area contributed by atoms with Gasteiger partial charge >= 0.3 is 5.97 Å². The van der Waals surface area contributed by atoms with Gasteiger partial charge < -0.3 is 4.74 Å². The van der Waals surface area contributed by atoms with Crippen LogP contribution in [-0.4, -0.2) is 17.6 Å². The van der Waals surface area contributed by atoms with Crippen molar-refractivity contribution in [1.29, 1.82) is 0 Å². The van der Waals surface area contributed by atoms with Gasteiger partial charge in [-0.2, -0.15) is 0 Å². The van der Waals surface area contributed by atoms with Gasteiger partial charge in [0.1, 0.15) is 5.01 Å². The molecule has 3 aromatic rings. The summed E-state index contributed by atoms with van der Waals surface area (Å²) in [5.41, 5.74) is 2.48. The molecule has 0 fully saturated rings. The highest BCUT2D eigenvalue weighted by Gasteiger charge is 2.15. The van der Waals surface area contributed by atoms with Crippen LogP contribution in [0.4, 0.5) is 0 Å². The summed E-state index contributed by atoms with van der Waals surface area (Å²) >= 11 is 1.52. The number of fused-ring (bicyclic) bond motifs is 1. The van der Waals surface area contributed by atoms with E-state index in [0.717, 1.165) is 20.8 Å². The molecule has 0 spiro atoms. The molecule has 0 atom stereocenters. The normalized spacial score (nSPS) is 10.7. The van der Waals surface area contributed by atoms with Crippen molar-refractivity contribution < 1.29 is 9.53 Å². The zero-order valence-corrected chi connectivity index (χ0v) is 11.8. The van der Waals surface area contributed by atoms with Crippen LogP contribution >= 0.6 is 11.3 Å². The number of carbonyl (C=O) groups excluding carboxylic acids is 1. The van der Waals surface area contributed by atoms with Gasteiger partial charge in [-0.15, -0.1) is 11.3 Å². The van der Waals surface area contributed by atoms with Gasteiger partial charge in [0.15, 0.2) is 0 Å². The minimum atomic E-state index is -0.290. The second-order valence-electron chi connectivity index (χ2n) is 4.26. The Balaban J connectivity index is 2.12. The predicted molar refractivity (Wildman–Crippen MR) is 81.0 cm³/mol. The first-order chi connectivity index (χ1) is 9.79. The molecule has 1 heterocycles. The maximum absolute atomic E-state index is 12.0. The average Bonchev–Trinajstić information content (AvgIpc) is 2.92. The first kappa shape index (κ1) is 12.8. The number of carbonyl (C=O) groups is 1. The summed E-state index contributed by atoms with van der Waals surface area (Å²) < 4.78 is 5.97. The van der Waals surface area contributed by atoms with Crippen LogP contribution in [-0.2, 0) is 4.74 Å². The van der Waals surface area contributed by atoms with E-state index in [1.165, 1.54) is 11.3 Å². The van der Waals surface area contributed by atoms with E-state index in [2.05, 4.69) is 4.98 Å². The zero-order valence-electron chi connectivity index (χ0n) is 11.0. The number of ether oxygens (including phenoxy) is 1. The highest BCUT2D eigenvalue weighted by atomic mass is 32.1. The molecule has 0 aliphatic heterocycles. The van der Waals surface area contributed by atoms with E-state index in [-0.39, 0.29) is 5.97 Å². The molecule has 2 aromatic carbocycles. The molecule has 4 heteroatoms. The van der Waals surface area contributed by atoms with Crippen molar-refractivity contribution in [2.24, 2.45) is 0 Å². The highest BCUT2D eigenvalue weighted by molar-refractivity contribution is 7.22. The molecule has 0 aliphatic carbocycles. The van der Waals surface area contributed by atoms with Crippen LogP contribution in [0.3, 0.4) is 0 Å². The fraction of sp³-hybridized carbons (Fsp3) is 0.125. The van der Waals surface area contributed by atoms with Gasteiger partial charge in [0, 0.05) is 5.56 Å². The fourth-order valence-electron chi connectivity index (χ4n) is 2.02. The SMILES string of the molecule is CCOC(=O)c1cccc2nc(-c3ccccc3)sc12. The molecule has 0 unspecified atom stereocenters. The van der Waals surface area contributed by atoms with Gasteiger partial charge in [0.2, 0.25) is 0 Å². The second kappa shape index (κ2) is 5.43. The maximum Gasteiger partial charge on any atom is 0.339 e. The minimum Gasteiger partial charge on any atom is -0.462 e. The number of hydrogen-bond acceptors (Lipinski definition) is 4. The lowest BCUT2D eigenvalue weighted by atomic mass is 10.2. The van der Waals surface area contributed by atoms with Gasteiger partial charge in [-0.3, -0.25) is 0 Å². The first-order valence-electron chi connectivity index (χ1n) is 6.41. The Kier molecular flexibility index (Phi) is 3.48. The summed E-state index contributed by atoms with van der Waals surface area (Å²) in [7, 11) is 0. The van der Waals surface area contributed by atoms with Crippen molar-refractivity contribution in [2.45, 2.75) is 6.92 Å². The molecule has 1 aromatic heterocycles. The predicted octanol–water partition coefficient (Wildman–Crippen LogP) is 4.14. The van der Waals surface area contributed by atoms with Crippen LogP contribution in [0.2, 0.25) is 0 Å². The standard InChI is InChI=1S/C16H13NO2S/c1-2-19-16(18)12-9-6-10-13-14(12)20-15(17-13)11-7-4-3-5-8-11/h3-10H,2H2,1H3. The number of benzene rings is 2. The molecule has 0 amide bonds. The van der Waals surface area contributed by atoms with Crippen molar-refractivity contribution >= 4 is 27.5 Å². The summed E-state index contributed by atoms with van der Waals surface area (Å²) in [5, 5.41) is 0.914. The van der Waals surface area contributed by atoms with Crippen LogP contribution in [0, 0.1) is 0 Å². The molecule has 100 valence electrons. The average molecular weight is 283 g/mol. The number of hydrogen-bond donors (Lipinski definition) is 0. The molecule has 0 N–H and O–H groups in total. The molecule has 3 nitrogen and oxygen atoms in total. The third kappa shape index (κ3) is 2.30. The first-order valence-corrected chi connectivity index (χ1v) is 7.23. The van der Waals surface area contributed by atoms with Gasteiger partial charge in [0.25, 0.3) is 0 Å². The molecular weight excluding hydrogens is 270 g/mol. The number of esters is 1. The molecule has 3 rings (SSSR count). The van der Waals surface area contributed by atoms with E-state index in [1.807, 2.05) is 42.5 Å². The van der Waals surface area contributed by atoms with Gasteiger partial charge in [-0.05, 0) is 19.1 Å².